The molecule has 0 aliphatic rings. The van der Waals surface area contributed by atoms with E-state index in [1.54, 1.807) is 0 Å². The molecule has 0 saturated heterocycles. The van der Waals surface area contributed by atoms with E-state index in [0.717, 1.165) is 0 Å². The molecule has 0 aliphatic heterocycles. The highest BCUT2D eigenvalue weighted by atomic mass is 14.7. The number of rotatable bonds is 2. The summed E-state index contributed by atoms with van der Waals surface area (Å²) in [7, 11) is 0. The second-order valence-electron chi connectivity index (χ2n) is 4.15. The van der Waals surface area contributed by atoms with Gasteiger partial charge in [0.1, 0.15) is 0 Å². The number of hydrogen-bond donors (Lipinski definition) is 1. The van der Waals surface area contributed by atoms with Crippen molar-refractivity contribution in [2.24, 2.45) is 0 Å². The molecule has 0 atom stereocenters. The van der Waals surface area contributed by atoms with Gasteiger partial charge in [-0.05, 0) is 18.9 Å². The van der Waals surface area contributed by atoms with E-state index in [1.807, 2.05) is 0 Å². The van der Waals surface area contributed by atoms with Crippen LogP contribution in [0.3, 0.4) is 0 Å². The minimum absolute atomic E-state index is 0.531. The molecule has 2 rings (SSSR count). The number of hydrogen-bond acceptors (Lipinski definition) is 0. The summed E-state index contributed by atoms with van der Waals surface area (Å²) in [5.41, 5.74) is 3.90. The highest BCUT2D eigenvalue weighted by Crippen LogP contribution is 2.28. The van der Waals surface area contributed by atoms with Gasteiger partial charge in [0, 0.05) is 22.2 Å². The molecule has 0 aliphatic carbocycles. The third-order valence-corrected chi connectivity index (χ3v) is 2.69. The molecule has 1 nitrogen and oxygen atoms in total. The molecular weight excluding hydrogens is 182 g/mol. The van der Waals surface area contributed by atoms with E-state index in [2.05, 4.69) is 62.2 Å². The van der Waals surface area contributed by atoms with Gasteiger partial charge in [0.25, 0.3) is 0 Å². The summed E-state index contributed by atoms with van der Waals surface area (Å²) in [6.45, 7) is 6.50. The maximum absolute atomic E-state index is 3.50. The van der Waals surface area contributed by atoms with E-state index in [0.29, 0.717) is 5.92 Å². The van der Waals surface area contributed by atoms with Crippen LogP contribution in [0.15, 0.2) is 30.3 Å². The van der Waals surface area contributed by atoms with Crippen LogP contribution >= 0.6 is 0 Å². The fourth-order valence-electron chi connectivity index (χ4n) is 1.99. The first kappa shape index (κ1) is 10.0. The normalized spacial score (nSPS) is 12.0. The summed E-state index contributed by atoms with van der Waals surface area (Å²) >= 11 is 0. The number of H-pyrrole nitrogens is 1. The molecule has 1 aromatic heterocycles. The molecule has 2 aromatic rings. The van der Waals surface area contributed by atoms with Gasteiger partial charge in [0.05, 0.1) is 0 Å². The Labute approximate surface area is 90.8 Å². The predicted molar refractivity (Wildman–Crippen MR) is 67.1 cm³/mol. The van der Waals surface area contributed by atoms with Crippen LogP contribution in [0.4, 0.5) is 0 Å². The predicted octanol–water partition coefficient (Wildman–Crippen LogP) is 4.32. The lowest BCUT2D eigenvalue weighted by molar-refractivity contribution is 0.834. The molecule has 0 unspecified atom stereocenters. The lowest BCUT2D eigenvalue weighted by Gasteiger charge is -2.03. The van der Waals surface area contributed by atoms with Gasteiger partial charge in [0.15, 0.2) is 0 Å². The van der Waals surface area contributed by atoms with Crippen LogP contribution in [0.25, 0.3) is 17.0 Å². The zero-order chi connectivity index (χ0) is 10.8. The number of nitrogens with one attached hydrogen (secondary N) is 1. The van der Waals surface area contributed by atoms with Crippen molar-refractivity contribution in [2.75, 3.05) is 0 Å². The average Bonchev–Trinajstić information content (AvgIpc) is 2.58. The maximum Gasteiger partial charge on any atom is 0.0462 e. The lowest BCUT2D eigenvalue weighted by Crippen LogP contribution is -1.89. The molecule has 1 heterocycles. The first-order chi connectivity index (χ1) is 7.24. The zero-order valence-electron chi connectivity index (χ0n) is 9.54. The molecule has 0 radical (unpaired) electrons. The topological polar surface area (TPSA) is 15.8 Å². The number of aromatic amines is 1. The molecule has 15 heavy (non-hydrogen) atoms. The van der Waals surface area contributed by atoms with Crippen LogP contribution in [-0.2, 0) is 0 Å². The first-order valence-corrected chi connectivity index (χ1v) is 5.47. The number of allylic oxidation sites excluding steroid dienone is 1. The van der Waals surface area contributed by atoms with Crippen molar-refractivity contribution in [1.82, 2.24) is 4.98 Å². The molecule has 78 valence electrons. The van der Waals surface area contributed by atoms with Crippen molar-refractivity contribution >= 4 is 17.0 Å². The number of fused-ring (bicyclic) bond motifs is 1. The standard InChI is InChI=1S/C14H17N/c1-4-7-12-11-8-5-6-9-13(11)15-14(12)10(2)3/h4-10,15H,1-3H3/b7-4-. The van der Waals surface area contributed by atoms with Crippen LogP contribution in [-0.4, -0.2) is 4.98 Å². The molecule has 1 aromatic carbocycles. The van der Waals surface area contributed by atoms with E-state index < -0.39 is 0 Å². The average molecular weight is 199 g/mol. The molecule has 0 fully saturated rings. The number of para-hydroxylation sites is 1. The van der Waals surface area contributed by atoms with Crippen molar-refractivity contribution < 1.29 is 0 Å². The minimum atomic E-state index is 0.531. The third-order valence-electron chi connectivity index (χ3n) is 2.69. The Hall–Kier alpha value is -1.50. The molecular formula is C14H17N. The Morgan fingerprint density at radius 2 is 1.93 bits per heavy atom. The van der Waals surface area contributed by atoms with E-state index in [1.165, 1.54) is 22.2 Å². The highest BCUT2D eigenvalue weighted by Gasteiger charge is 2.10. The van der Waals surface area contributed by atoms with E-state index >= 15 is 0 Å². The fourth-order valence-corrected chi connectivity index (χ4v) is 1.99. The first-order valence-electron chi connectivity index (χ1n) is 5.47. The summed E-state index contributed by atoms with van der Waals surface area (Å²) in [4.78, 5) is 3.50. The Bertz CT molecular complexity index is 489. The Balaban J connectivity index is 2.74. The van der Waals surface area contributed by atoms with Crippen molar-refractivity contribution in [1.29, 1.82) is 0 Å². The zero-order valence-corrected chi connectivity index (χ0v) is 9.54. The SMILES string of the molecule is C/C=C\c1c(C(C)C)[nH]c2ccccc12. The number of aromatic nitrogens is 1. The molecule has 0 spiro atoms. The van der Waals surface area contributed by atoms with Crippen molar-refractivity contribution in [2.45, 2.75) is 26.7 Å². The van der Waals surface area contributed by atoms with Gasteiger partial charge in [-0.15, -0.1) is 0 Å². The lowest BCUT2D eigenvalue weighted by atomic mass is 10.0. The fraction of sp³-hybridized carbons (Fsp3) is 0.286. The Morgan fingerprint density at radius 3 is 2.60 bits per heavy atom. The van der Waals surface area contributed by atoms with Gasteiger partial charge >= 0.3 is 0 Å². The van der Waals surface area contributed by atoms with Gasteiger partial charge in [-0.3, -0.25) is 0 Å². The van der Waals surface area contributed by atoms with Crippen LogP contribution in [0.1, 0.15) is 37.9 Å². The van der Waals surface area contributed by atoms with Crippen molar-refractivity contribution in [3.05, 3.63) is 41.6 Å². The van der Waals surface area contributed by atoms with E-state index in [9.17, 15) is 0 Å². The van der Waals surface area contributed by atoms with Crippen molar-refractivity contribution in [3.8, 4) is 0 Å². The summed E-state index contributed by atoms with van der Waals surface area (Å²) in [6, 6.07) is 8.47. The second kappa shape index (κ2) is 3.93. The summed E-state index contributed by atoms with van der Waals surface area (Å²) in [5, 5.41) is 1.32. The summed E-state index contributed by atoms with van der Waals surface area (Å²) in [5.74, 6) is 0.531. The smallest absolute Gasteiger partial charge is 0.0462 e. The molecule has 0 bridgehead atoms. The summed E-state index contributed by atoms with van der Waals surface area (Å²) < 4.78 is 0. The monoisotopic (exact) mass is 199 g/mol. The van der Waals surface area contributed by atoms with Gasteiger partial charge in [-0.25, -0.2) is 0 Å². The largest absolute Gasteiger partial charge is 0.358 e. The minimum Gasteiger partial charge on any atom is -0.358 e. The van der Waals surface area contributed by atoms with Gasteiger partial charge < -0.3 is 4.98 Å². The Morgan fingerprint density at radius 1 is 1.20 bits per heavy atom. The number of benzene rings is 1. The van der Waals surface area contributed by atoms with Crippen LogP contribution in [0.2, 0.25) is 0 Å². The molecule has 1 N–H and O–H groups in total. The third kappa shape index (κ3) is 1.70. The van der Waals surface area contributed by atoms with Crippen LogP contribution in [0.5, 0.6) is 0 Å². The van der Waals surface area contributed by atoms with Gasteiger partial charge in [-0.2, -0.15) is 0 Å². The molecule has 0 amide bonds. The van der Waals surface area contributed by atoms with Crippen LogP contribution < -0.4 is 0 Å². The Kier molecular flexibility index (Phi) is 2.63. The van der Waals surface area contributed by atoms with E-state index in [-0.39, 0.29) is 0 Å². The van der Waals surface area contributed by atoms with Gasteiger partial charge in [-0.1, -0.05) is 44.2 Å². The summed E-state index contributed by atoms with van der Waals surface area (Å²) in [6.07, 6.45) is 4.29. The van der Waals surface area contributed by atoms with E-state index in [4.69, 9.17) is 0 Å². The van der Waals surface area contributed by atoms with Gasteiger partial charge in [0.2, 0.25) is 0 Å². The maximum atomic E-state index is 3.50. The quantitative estimate of drug-likeness (QED) is 0.741. The van der Waals surface area contributed by atoms with Crippen molar-refractivity contribution in [3.63, 3.8) is 0 Å². The second-order valence-corrected chi connectivity index (χ2v) is 4.15. The highest BCUT2D eigenvalue weighted by molar-refractivity contribution is 5.90. The van der Waals surface area contributed by atoms with Crippen LogP contribution in [0, 0.1) is 0 Å². The molecule has 0 saturated carbocycles. The molecule has 1 heteroatoms.